The Hall–Kier alpha value is -7.72. The van der Waals surface area contributed by atoms with Crippen molar-refractivity contribution >= 4 is 18.4 Å². The monoisotopic (exact) mass is 820 g/mol. The molecule has 1 aliphatic rings. The lowest BCUT2D eigenvalue weighted by atomic mass is 9.89. The van der Waals surface area contributed by atoms with Crippen LogP contribution in [-0.2, 0) is 0 Å². The molecule has 2 nitrogen and oxygen atoms in total. The van der Waals surface area contributed by atoms with Gasteiger partial charge in [0, 0.05) is 11.1 Å². The van der Waals surface area contributed by atoms with Crippen molar-refractivity contribution in [1.82, 2.24) is 9.97 Å². The quantitative estimate of drug-likeness (QED) is 0.143. The van der Waals surface area contributed by atoms with Gasteiger partial charge in [0.25, 0.3) is 0 Å². The fourth-order valence-electron chi connectivity index (χ4n) is 9.42. The van der Waals surface area contributed by atoms with Crippen LogP contribution in [0.3, 0.4) is 0 Å². The Kier molecular flexibility index (Phi) is 9.68. The number of hydrogen-bond donors (Lipinski definition) is 0. The molecule has 0 bridgehead atoms. The summed E-state index contributed by atoms with van der Waals surface area (Å²) in [7, 11) is -2.15. The first-order valence-corrected chi connectivity index (χ1v) is 24.7. The van der Waals surface area contributed by atoms with E-state index in [2.05, 4.69) is 244 Å². The summed E-state index contributed by atoms with van der Waals surface area (Å²) in [5.74, 6) is 0.736. The summed E-state index contributed by atoms with van der Waals surface area (Å²) in [5.41, 5.74) is 19.5. The van der Waals surface area contributed by atoms with Crippen molar-refractivity contribution in [2.75, 3.05) is 0 Å². The number of aromatic nitrogens is 2. The summed E-state index contributed by atoms with van der Waals surface area (Å²) in [5, 5.41) is 2.72. The van der Waals surface area contributed by atoms with E-state index in [9.17, 15) is 0 Å². The average Bonchev–Trinajstić information content (AvgIpc) is 3.60. The van der Waals surface area contributed by atoms with Crippen molar-refractivity contribution in [1.29, 1.82) is 0 Å². The highest BCUT2D eigenvalue weighted by Gasteiger charge is 2.41. The maximum Gasteiger partial charge on any atom is 0.160 e. The van der Waals surface area contributed by atoms with Gasteiger partial charge in [0.05, 0.1) is 11.4 Å². The van der Waals surface area contributed by atoms with E-state index in [-0.39, 0.29) is 0 Å². The number of rotatable bonds is 8. The normalized spacial score (nSPS) is 12.4. The molecule has 0 radical (unpaired) electrons. The van der Waals surface area contributed by atoms with E-state index in [1.54, 1.807) is 0 Å². The van der Waals surface area contributed by atoms with E-state index in [4.69, 9.17) is 9.97 Å². The van der Waals surface area contributed by atoms with E-state index < -0.39 is 8.07 Å². The minimum atomic E-state index is -2.15. The number of benzene rings is 9. The van der Waals surface area contributed by atoms with Gasteiger partial charge in [-0.05, 0) is 131 Å². The molecule has 0 aliphatic carbocycles. The van der Waals surface area contributed by atoms with E-state index in [1.165, 1.54) is 60.4 Å². The van der Waals surface area contributed by atoms with Crippen LogP contribution in [0.25, 0.3) is 101 Å². The van der Waals surface area contributed by atoms with Crippen LogP contribution in [0.2, 0.25) is 13.1 Å². The van der Waals surface area contributed by atoms with Gasteiger partial charge in [0.2, 0.25) is 0 Å². The number of hydrogen-bond acceptors (Lipinski definition) is 2. The van der Waals surface area contributed by atoms with Gasteiger partial charge < -0.3 is 0 Å². The van der Waals surface area contributed by atoms with E-state index in [0.29, 0.717) is 0 Å². The predicted molar refractivity (Wildman–Crippen MR) is 268 cm³/mol. The van der Waals surface area contributed by atoms with Gasteiger partial charge in [0.1, 0.15) is 8.07 Å². The second kappa shape index (κ2) is 16.0. The molecule has 0 saturated heterocycles. The van der Waals surface area contributed by atoms with Crippen molar-refractivity contribution < 1.29 is 0 Å². The SMILES string of the molecule is C[Si]1(C)c2ccccc2-c2nc(-c3cccc(-c4cc(-c5ccccc5)cc(-c5cc(-c6ccccc6)cc(-c6ccccc6)c5)c4)c3)nc(-c3cccc(-c4ccccc4)c3)c21. The fraction of sp³-hybridized carbons (Fsp3) is 0.0333. The molecule has 1 aromatic heterocycles. The fourth-order valence-corrected chi connectivity index (χ4v) is 12.6. The van der Waals surface area contributed by atoms with Gasteiger partial charge in [-0.1, -0.05) is 195 Å². The smallest absolute Gasteiger partial charge is 0.160 e. The molecule has 2 heterocycles. The Morgan fingerprint density at radius 3 is 1.10 bits per heavy atom. The van der Waals surface area contributed by atoms with Gasteiger partial charge in [-0.15, -0.1) is 0 Å². The van der Waals surface area contributed by atoms with Crippen molar-refractivity contribution in [3.8, 4) is 101 Å². The molecule has 0 unspecified atom stereocenters. The van der Waals surface area contributed by atoms with Crippen LogP contribution in [0.4, 0.5) is 0 Å². The van der Waals surface area contributed by atoms with Crippen LogP contribution in [0.1, 0.15) is 0 Å². The van der Waals surface area contributed by atoms with Crippen molar-refractivity contribution in [2.45, 2.75) is 13.1 Å². The molecule has 0 N–H and O–H groups in total. The van der Waals surface area contributed by atoms with Crippen LogP contribution in [0, 0.1) is 0 Å². The first-order valence-electron chi connectivity index (χ1n) is 21.7. The molecular formula is C60H44N2Si. The minimum Gasteiger partial charge on any atom is -0.228 e. The lowest BCUT2D eigenvalue weighted by Gasteiger charge is -2.22. The Balaban J connectivity index is 1.08. The molecule has 10 aromatic rings. The zero-order valence-electron chi connectivity index (χ0n) is 35.3. The van der Waals surface area contributed by atoms with Gasteiger partial charge in [-0.25, -0.2) is 9.97 Å². The van der Waals surface area contributed by atoms with Crippen LogP contribution in [0.15, 0.2) is 231 Å². The van der Waals surface area contributed by atoms with Crippen LogP contribution < -0.4 is 10.4 Å². The Labute approximate surface area is 370 Å². The topological polar surface area (TPSA) is 25.8 Å². The maximum absolute atomic E-state index is 5.56. The Morgan fingerprint density at radius 2 is 0.587 bits per heavy atom. The van der Waals surface area contributed by atoms with Crippen molar-refractivity contribution in [3.05, 3.63) is 231 Å². The van der Waals surface area contributed by atoms with Gasteiger partial charge in [-0.3, -0.25) is 0 Å². The highest BCUT2D eigenvalue weighted by atomic mass is 28.3. The molecule has 9 aromatic carbocycles. The molecule has 0 atom stereocenters. The van der Waals surface area contributed by atoms with Crippen molar-refractivity contribution in [2.24, 2.45) is 0 Å². The van der Waals surface area contributed by atoms with Crippen molar-refractivity contribution in [3.63, 3.8) is 0 Å². The lowest BCUT2D eigenvalue weighted by molar-refractivity contribution is 1.20. The Morgan fingerprint density at radius 1 is 0.270 bits per heavy atom. The predicted octanol–water partition coefficient (Wildman–Crippen LogP) is 14.6. The lowest BCUT2D eigenvalue weighted by Crippen LogP contribution is -2.50. The molecule has 11 rings (SSSR count). The van der Waals surface area contributed by atoms with Crippen LogP contribution in [-0.4, -0.2) is 18.0 Å². The minimum absolute atomic E-state index is 0.736. The summed E-state index contributed by atoms with van der Waals surface area (Å²) in [6, 6.07) is 83.3. The molecule has 0 saturated carbocycles. The molecule has 1 aliphatic heterocycles. The molecule has 3 heteroatoms. The molecule has 0 spiro atoms. The van der Waals surface area contributed by atoms with E-state index in [0.717, 1.165) is 50.6 Å². The zero-order chi connectivity index (χ0) is 42.3. The first kappa shape index (κ1) is 38.2. The summed E-state index contributed by atoms with van der Waals surface area (Å²) >= 11 is 0. The second-order valence-electron chi connectivity index (χ2n) is 17.0. The second-order valence-corrected chi connectivity index (χ2v) is 21.3. The maximum atomic E-state index is 5.56. The van der Waals surface area contributed by atoms with E-state index >= 15 is 0 Å². The summed E-state index contributed by atoms with van der Waals surface area (Å²) in [6.45, 7) is 4.89. The van der Waals surface area contributed by atoms with Crippen LogP contribution in [0.5, 0.6) is 0 Å². The standard InChI is InChI=1S/C60H44N2Si/c1-63(2)56-32-16-15-31-55(56)58-59(63)57(47-29-17-27-45(33-47)41-19-7-3-8-20-41)61-60(62-58)48-30-18-28-46(34-48)52-36-51(44-25-13-6-14-26-44)39-54(40-52)53-37-49(42-21-9-4-10-22-42)35-50(38-53)43-23-11-5-12-24-43/h3-40H,1-2H3. The highest BCUT2D eigenvalue weighted by molar-refractivity contribution is 7.04. The summed E-state index contributed by atoms with van der Waals surface area (Å²) < 4.78 is 0. The molecule has 0 fully saturated rings. The van der Waals surface area contributed by atoms with Gasteiger partial charge >= 0.3 is 0 Å². The molecule has 0 amide bonds. The van der Waals surface area contributed by atoms with Gasteiger partial charge in [0.15, 0.2) is 5.82 Å². The average molecular weight is 821 g/mol. The first-order chi connectivity index (χ1) is 31.0. The number of fused-ring (bicyclic) bond motifs is 3. The third-order valence-corrected chi connectivity index (χ3v) is 16.1. The van der Waals surface area contributed by atoms with E-state index in [1.807, 2.05) is 0 Å². The third-order valence-electron chi connectivity index (χ3n) is 12.6. The highest BCUT2D eigenvalue weighted by Crippen LogP contribution is 2.39. The summed E-state index contributed by atoms with van der Waals surface area (Å²) in [6.07, 6.45) is 0. The third kappa shape index (κ3) is 7.23. The molecule has 298 valence electrons. The zero-order valence-corrected chi connectivity index (χ0v) is 36.3. The molecular weight excluding hydrogens is 777 g/mol. The molecule has 63 heavy (non-hydrogen) atoms. The Bertz CT molecular complexity index is 3230. The summed E-state index contributed by atoms with van der Waals surface area (Å²) in [4.78, 5) is 11.1. The largest absolute Gasteiger partial charge is 0.228 e. The number of nitrogens with zero attached hydrogens (tertiary/aromatic N) is 2. The van der Waals surface area contributed by atoms with Gasteiger partial charge in [-0.2, -0.15) is 0 Å². The van der Waals surface area contributed by atoms with Crippen LogP contribution >= 0.6 is 0 Å².